The lowest BCUT2D eigenvalue weighted by Crippen LogP contribution is -2.36. The molecule has 1 heterocycles. The molecule has 2 unspecified atom stereocenters. The van der Waals surface area contributed by atoms with Crippen molar-refractivity contribution in [3.63, 3.8) is 0 Å². The van der Waals surface area contributed by atoms with Crippen LogP contribution in [0, 0.1) is 5.92 Å². The molecule has 1 fully saturated rings. The highest BCUT2D eigenvalue weighted by molar-refractivity contribution is 5.55. The Balaban J connectivity index is 2.16. The van der Waals surface area contributed by atoms with Crippen molar-refractivity contribution < 1.29 is 5.11 Å². The standard InChI is InChI=1S/C16H26N2O/c1-2-15(17)14-7-3-4-8-16(14)18-10-5-6-13(12-18)9-11-19/h3-4,7-8,13,15,19H,2,5-6,9-12,17H2,1H3. The second kappa shape index (κ2) is 6.92. The number of piperidine rings is 1. The Hall–Kier alpha value is -1.06. The molecular formula is C16H26N2O. The first-order valence-corrected chi connectivity index (χ1v) is 7.46. The van der Waals surface area contributed by atoms with Crippen molar-refractivity contribution in [1.82, 2.24) is 0 Å². The van der Waals surface area contributed by atoms with Crippen LogP contribution < -0.4 is 10.6 Å². The SMILES string of the molecule is CCC(N)c1ccccc1N1CCCC(CCO)C1. The lowest BCUT2D eigenvalue weighted by molar-refractivity contribution is 0.244. The molecule has 2 rings (SSSR count). The number of nitrogens with zero attached hydrogens (tertiary/aromatic N) is 1. The number of anilines is 1. The van der Waals surface area contributed by atoms with E-state index < -0.39 is 0 Å². The third-order valence-corrected chi connectivity index (χ3v) is 4.17. The smallest absolute Gasteiger partial charge is 0.0434 e. The second-order valence-electron chi connectivity index (χ2n) is 5.54. The number of hydrogen-bond donors (Lipinski definition) is 2. The maximum atomic E-state index is 9.12. The molecule has 0 aliphatic carbocycles. The number of para-hydroxylation sites is 1. The van der Waals surface area contributed by atoms with Crippen LogP contribution in [0.3, 0.4) is 0 Å². The van der Waals surface area contributed by atoms with Crippen LogP contribution in [-0.2, 0) is 0 Å². The molecule has 0 aromatic heterocycles. The Morgan fingerprint density at radius 2 is 2.21 bits per heavy atom. The number of aliphatic hydroxyl groups excluding tert-OH is 1. The van der Waals surface area contributed by atoms with Crippen molar-refractivity contribution in [1.29, 1.82) is 0 Å². The normalized spacial score (nSPS) is 21.4. The summed E-state index contributed by atoms with van der Waals surface area (Å²) in [5, 5.41) is 9.12. The molecule has 3 nitrogen and oxygen atoms in total. The van der Waals surface area contributed by atoms with Gasteiger partial charge in [0.1, 0.15) is 0 Å². The van der Waals surface area contributed by atoms with Crippen molar-refractivity contribution in [2.24, 2.45) is 11.7 Å². The van der Waals surface area contributed by atoms with Crippen molar-refractivity contribution in [3.8, 4) is 0 Å². The molecular weight excluding hydrogens is 236 g/mol. The van der Waals surface area contributed by atoms with Gasteiger partial charge in [-0.15, -0.1) is 0 Å². The Labute approximate surface area is 116 Å². The minimum Gasteiger partial charge on any atom is -0.396 e. The van der Waals surface area contributed by atoms with E-state index in [1.807, 2.05) is 0 Å². The lowest BCUT2D eigenvalue weighted by Gasteiger charge is -2.36. The van der Waals surface area contributed by atoms with Crippen molar-refractivity contribution in [2.75, 3.05) is 24.6 Å². The maximum absolute atomic E-state index is 9.12. The molecule has 0 saturated carbocycles. The largest absolute Gasteiger partial charge is 0.396 e. The van der Waals surface area contributed by atoms with E-state index in [0.717, 1.165) is 25.9 Å². The highest BCUT2D eigenvalue weighted by Crippen LogP contribution is 2.31. The van der Waals surface area contributed by atoms with E-state index in [1.54, 1.807) is 0 Å². The first kappa shape index (κ1) is 14.4. The predicted octanol–water partition coefficient (Wildman–Crippen LogP) is 2.70. The van der Waals surface area contributed by atoms with Gasteiger partial charge in [0.2, 0.25) is 0 Å². The van der Waals surface area contributed by atoms with Gasteiger partial charge in [-0.05, 0) is 43.2 Å². The summed E-state index contributed by atoms with van der Waals surface area (Å²) in [6.45, 7) is 4.59. The molecule has 1 aliphatic rings. The summed E-state index contributed by atoms with van der Waals surface area (Å²) in [5.41, 5.74) is 8.78. The van der Waals surface area contributed by atoms with Crippen LogP contribution in [0.4, 0.5) is 5.69 Å². The van der Waals surface area contributed by atoms with E-state index in [4.69, 9.17) is 10.8 Å². The van der Waals surface area contributed by atoms with Gasteiger partial charge < -0.3 is 15.7 Å². The summed E-state index contributed by atoms with van der Waals surface area (Å²) in [4.78, 5) is 2.45. The number of nitrogens with two attached hydrogens (primary N) is 1. The average Bonchev–Trinajstić information content (AvgIpc) is 2.47. The predicted molar refractivity (Wildman–Crippen MR) is 80.3 cm³/mol. The van der Waals surface area contributed by atoms with Crippen LogP contribution in [0.15, 0.2) is 24.3 Å². The fraction of sp³-hybridized carbons (Fsp3) is 0.625. The van der Waals surface area contributed by atoms with Crippen LogP contribution in [0.5, 0.6) is 0 Å². The molecule has 1 aromatic rings. The topological polar surface area (TPSA) is 49.5 Å². The molecule has 1 saturated heterocycles. The number of hydrogen-bond acceptors (Lipinski definition) is 3. The minimum atomic E-state index is 0.120. The molecule has 19 heavy (non-hydrogen) atoms. The van der Waals surface area contributed by atoms with Crippen LogP contribution in [0.1, 0.15) is 44.2 Å². The molecule has 0 bridgehead atoms. The summed E-state index contributed by atoms with van der Waals surface area (Å²) < 4.78 is 0. The number of aliphatic hydroxyl groups is 1. The van der Waals surface area contributed by atoms with Gasteiger partial charge in [0.15, 0.2) is 0 Å². The van der Waals surface area contributed by atoms with Gasteiger partial charge in [-0.3, -0.25) is 0 Å². The number of benzene rings is 1. The van der Waals surface area contributed by atoms with Gasteiger partial charge in [0.25, 0.3) is 0 Å². The Morgan fingerprint density at radius 3 is 2.95 bits per heavy atom. The van der Waals surface area contributed by atoms with Gasteiger partial charge >= 0.3 is 0 Å². The highest BCUT2D eigenvalue weighted by Gasteiger charge is 2.22. The molecule has 106 valence electrons. The zero-order valence-electron chi connectivity index (χ0n) is 11.9. The van der Waals surface area contributed by atoms with Crippen molar-refractivity contribution in [3.05, 3.63) is 29.8 Å². The van der Waals surface area contributed by atoms with Crippen LogP contribution in [0.2, 0.25) is 0 Å². The van der Waals surface area contributed by atoms with E-state index in [9.17, 15) is 0 Å². The molecule has 0 amide bonds. The highest BCUT2D eigenvalue weighted by atomic mass is 16.3. The quantitative estimate of drug-likeness (QED) is 0.858. The van der Waals surface area contributed by atoms with Gasteiger partial charge in [0.05, 0.1) is 0 Å². The third kappa shape index (κ3) is 3.48. The van der Waals surface area contributed by atoms with E-state index in [-0.39, 0.29) is 6.04 Å². The van der Waals surface area contributed by atoms with Gasteiger partial charge in [-0.25, -0.2) is 0 Å². The van der Waals surface area contributed by atoms with E-state index in [2.05, 4.69) is 36.1 Å². The van der Waals surface area contributed by atoms with Crippen LogP contribution in [-0.4, -0.2) is 24.8 Å². The first-order valence-electron chi connectivity index (χ1n) is 7.46. The zero-order valence-corrected chi connectivity index (χ0v) is 11.9. The average molecular weight is 262 g/mol. The number of rotatable bonds is 5. The Morgan fingerprint density at radius 1 is 1.42 bits per heavy atom. The molecule has 2 atom stereocenters. The molecule has 3 heteroatoms. The van der Waals surface area contributed by atoms with Crippen molar-refractivity contribution >= 4 is 5.69 Å². The summed E-state index contributed by atoms with van der Waals surface area (Å²) in [7, 11) is 0. The summed E-state index contributed by atoms with van der Waals surface area (Å²) in [6.07, 6.45) is 4.32. The Kier molecular flexibility index (Phi) is 5.23. The van der Waals surface area contributed by atoms with Crippen molar-refractivity contribution in [2.45, 2.75) is 38.6 Å². The third-order valence-electron chi connectivity index (χ3n) is 4.17. The summed E-state index contributed by atoms with van der Waals surface area (Å²) >= 11 is 0. The summed E-state index contributed by atoms with van der Waals surface area (Å²) in [5.74, 6) is 0.615. The molecule has 0 radical (unpaired) electrons. The monoisotopic (exact) mass is 262 g/mol. The first-order chi connectivity index (χ1) is 9.26. The fourth-order valence-electron chi connectivity index (χ4n) is 3.01. The fourth-order valence-corrected chi connectivity index (χ4v) is 3.01. The zero-order chi connectivity index (χ0) is 13.7. The van der Waals surface area contributed by atoms with Gasteiger partial charge in [-0.2, -0.15) is 0 Å². The molecule has 0 spiro atoms. The van der Waals surface area contributed by atoms with Crippen LogP contribution >= 0.6 is 0 Å². The minimum absolute atomic E-state index is 0.120. The summed E-state index contributed by atoms with van der Waals surface area (Å²) in [6, 6.07) is 8.63. The van der Waals surface area contributed by atoms with E-state index in [1.165, 1.54) is 24.1 Å². The molecule has 3 N–H and O–H groups in total. The van der Waals surface area contributed by atoms with Gasteiger partial charge in [-0.1, -0.05) is 25.1 Å². The lowest BCUT2D eigenvalue weighted by atomic mass is 9.93. The molecule has 1 aromatic carbocycles. The van der Waals surface area contributed by atoms with Gasteiger partial charge in [0, 0.05) is 31.4 Å². The van der Waals surface area contributed by atoms with Crippen LogP contribution in [0.25, 0.3) is 0 Å². The molecule has 1 aliphatic heterocycles. The Bertz CT molecular complexity index is 392. The maximum Gasteiger partial charge on any atom is 0.0434 e. The second-order valence-corrected chi connectivity index (χ2v) is 5.54. The van der Waals surface area contributed by atoms with E-state index >= 15 is 0 Å². The van der Waals surface area contributed by atoms with E-state index in [0.29, 0.717) is 12.5 Å².